The molecule has 0 aliphatic carbocycles. The zero-order chi connectivity index (χ0) is 14.5. The van der Waals surface area contributed by atoms with Crippen molar-refractivity contribution < 1.29 is 5.21 Å². The summed E-state index contributed by atoms with van der Waals surface area (Å²) in [6, 6.07) is 24.1. The normalized spacial score (nSPS) is 11.6. The number of fused-ring (bicyclic) bond motifs is 1. The third kappa shape index (κ3) is 3.09. The Kier molecular flexibility index (Phi) is 3.94. The van der Waals surface area contributed by atoms with Crippen molar-refractivity contribution in [2.24, 2.45) is 4.99 Å². The third-order valence-electron chi connectivity index (χ3n) is 3.39. The van der Waals surface area contributed by atoms with Crippen LogP contribution in [0, 0.1) is 0 Å². The van der Waals surface area contributed by atoms with Gasteiger partial charge in [-0.3, -0.25) is 15.7 Å². The highest BCUT2D eigenvalue weighted by atomic mass is 16.5. The summed E-state index contributed by atoms with van der Waals surface area (Å²) in [4.78, 5) is 4.45. The van der Waals surface area contributed by atoms with Crippen LogP contribution in [0.1, 0.15) is 11.1 Å². The minimum atomic E-state index is 0.476. The van der Waals surface area contributed by atoms with Crippen LogP contribution in [0.5, 0.6) is 0 Å². The number of hydrogen-bond acceptors (Lipinski definition) is 2. The van der Waals surface area contributed by atoms with Crippen molar-refractivity contribution in [2.75, 3.05) is 0 Å². The van der Waals surface area contributed by atoms with E-state index in [0.29, 0.717) is 12.4 Å². The van der Waals surface area contributed by atoms with Crippen molar-refractivity contribution >= 4 is 16.6 Å². The van der Waals surface area contributed by atoms with Gasteiger partial charge in [0.1, 0.15) is 0 Å². The van der Waals surface area contributed by atoms with Crippen LogP contribution in [-0.2, 0) is 6.54 Å². The summed E-state index contributed by atoms with van der Waals surface area (Å²) < 4.78 is 0. The van der Waals surface area contributed by atoms with Crippen LogP contribution in [0.4, 0.5) is 0 Å². The molecule has 0 saturated heterocycles. The molecule has 0 saturated carbocycles. The summed E-state index contributed by atoms with van der Waals surface area (Å²) in [5, 5.41) is 11.6. The van der Waals surface area contributed by atoms with E-state index in [1.54, 1.807) is 0 Å². The first-order chi connectivity index (χ1) is 10.4. The van der Waals surface area contributed by atoms with Crippen LogP contribution >= 0.6 is 0 Å². The van der Waals surface area contributed by atoms with Gasteiger partial charge in [0, 0.05) is 5.56 Å². The van der Waals surface area contributed by atoms with Gasteiger partial charge in [-0.25, -0.2) is 0 Å². The molecule has 0 aliphatic heterocycles. The van der Waals surface area contributed by atoms with E-state index in [-0.39, 0.29) is 0 Å². The summed E-state index contributed by atoms with van der Waals surface area (Å²) in [6.45, 7) is 0.524. The molecule has 0 aliphatic rings. The number of nitrogens with one attached hydrogen (secondary N) is 1. The van der Waals surface area contributed by atoms with Crippen molar-refractivity contribution in [3.8, 4) is 0 Å². The Morgan fingerprint density at radius 1 is 0.857 bits per heavy atom. The van der Waals surface area contributed by atoms with Gasteiger partial charge in [0.05, 0.1) is 6.54 Å². The second-order valence-corrected chi connectivity index (χ2v) is 4.82. The Morgan fingerprint density at radius 2 is 1.57 bits per heavy atom. The molecule has 0 heterocycles. The highest BCUT2D eigenvalue weighted by Crippen LogP contribution is 2.16. The van der Waals surface area contributed by atoms with Crippen molar-refractivity contribution in [2.45, 2.75) is 6.54 Å². The summed E-state index contributed by atoms with van der Waals surface area (Å²) in [5.74, 6) is 0.476. The first-order valence-corrected chi connectivity index (χ1v) is 6.84. The van der Waals surface area contributed by atoms with Crippen LogP contribution in [0.15, 0.2) is 77.8 Å². The molecule has 0 amide bonds. The molecule has 3 nitrogen and oxygen atoms in total. The zero-order valence-electron chi connectivity index (χ0n) is 11.5. The van der Waals surface area contributed by atoms with Gasteiger partial charge >= 0.3 is 0 Å². The van der Waals surface area contributed by atoms with Crippen molar-refractivity contribution in [3.63, 3.8) is 0 Å². The standard InChI is InChI=1S/C18H16N2O/c21-20-18(19-13-14-6-2-1-3-7-14)17-11-10-15-8-4-5-9-16(15)12-17/h1-12,21H,13H2,(H,19,20). The third-order valence-corrected chi connectivity index (χ3v) is 3.39. The quantitative estimate of drug-likeness (QED) is 0.434. The van der Waals surface area contributed by atoms with Crippen LogP contribution in [0.2, 0.25) is 0 Å². The number of amidine groups is 1. The molecule has 21 heavy (non-hydrogen) atoms. The summed E-state index contributed by atoms with van der Waals surface area (Å²) in [6.07, 6.45) is 0. The van der Waals surface area contributed by atoms with Gasteiger partial charge in [0.2, 0.25) is 0 Å². The average molecular weight is 276 g/mol. The first kappa shape index (κ1) is 13.3. The smallest absolute Gasteiger partial charge is 0.152 e. The number of nitrogens with zero attached hydrogens (tertiary/aromatic N) is 1. The predicted molar refractivity (Wildman–Crippen MR) is 85.6 cm³/mol. The van der Waals surface area contributed by atoms with E-state index in [4.69, 9.17) is 0 Å². The molecule has 0 radical (unpaired) electrons. The number of rotatable bonds is 3. The Morgan fingerprint density at radius 3 is 2.33 bits per heavy atom. The fourth-order valence-corrected chi connectivity index (χ4v) is 2.28. The molecule has 3 heteroatoms. The van der Waals surface area contributed by atoms with E-state index >= 15 is 0 Å². The topological polar surface area (TPSA) is 44.6 Å². The Labute approximate surface area is 123 Å². The van der Waals surface area contributed by atoms with Gasteiger partial charge in [-0.15, -0.1) is 0 Å². The first-order valence-electron chi connectivity index (χ1n) is 6.84. The SMILES string of the molecule is ONC(=NCc1ccccc1)c1ccc2ccccc2c1. The van der Waals surface area contributed by atoms with Gasteiger partial charge < -0.3 is 0 Å². The maximum atomic E-state index is 9.35. The fourth-order valence-electron chi connectivity index (χ4n) is 2.28. The van der Waals surface area contributed by atoms with Crippen molar-refractivity contribution in [1.29, 1.82) is 0 Å². The summed E-state index contributed by atoms with van der Waals surface area (Å²) in [5.41, 5.74) is 4.17. The van der Waals surface area contributed by atoms with Crippen LogP contribution in [0.25, 0.3) is 10.8 Å². The second-order valence-electron chi connectivity index (χ2n) is 4.82. The second kappa shape index (κ2) is 6.20. The fraction of sp³-hybridized carbons (Fsp3) is 0.0556. The molecule has 3 rings (SSSR count). The number of benzene rings is 3. The lowest BCUT2D eigenvalue weighted by atomic mass is 10.1. The van der Waals surface area contributed by atoms with E-state index in [1.165, 1.54) is 5.39 Å². The van der Waals surface area contributed by atoms with Crippen LogP contribution in [0.3, 0.4) is 0 Å². The Balaban J connectivity index is 1.90. The molecule has 0 unspecified atom stereocenters. The summed E-state index contributed by atoms with van der Waals surface area (Å²) in [7, 11) is 0. The minimum absolute atomic E-state index is 0.476. The molecule has 0 spiro atoms. The van der Waals surface area contributed by atoms with E-state index < -0.39 is 0 Å². The lowest BCUT2D eigenvalue weighted by molar-refractivity contribution is 0.234. The van der Waals surface area contributed by atoms with Crippen molar-refractivity contribution in [1.82, 2.24) is 5.48 Å². The highest BCUT2D eigenvalue weighted by molar-refractivity contribution is 6.01. The lowest BCUT2D eigenvalue weighted by Gasteiger charge is -2.07. The van der Waals surface area contributed by atoms with Crippen LogP contribution < -0.4 is 5.48 Å². The minimum Gasteiger partial charge on any atom is -0.290 e. The lowest BCUT2D eigenvalue weighted by Crippen LogP contribution is -2.20. The number of hydrogen-bond donors (Lipinski definition) is 2. The van der Waals surface area contributed by atoms with E-state index in [1.807, 2.05) is 66.7 Å². The molecular formula is C18H16N2O. The predicted octanol–water partition coefficient (Wildman–Crippen LogP) is 3.77. The van der Waals surface area contributed by atoms with Gasteiger partial charge in [-0.1, -0.05) is 66.7 Å². The maximum Gasteiger partial charge on any atom is 0.152 e. The molecule has 0 bridgehead atoms. The van der Waals surface area contributed by atoms with Crippen LogP contribution in [-0.4, -0.2) is 11.0 Å². The molecule has 0 aromatic heterocycles. The van der Waals surface area contributed by atoms with E-state index in [2.05, 4.69) is 16.5 Å². The monoisotopic (exact) mass is 276 g/mol. The Hall–Kier alpha value is -2.65. The largest absolute Gasteiger partial charge is 0.290 e. The summed E-state index contributed by atoms with van der Waals surface area (Å²) >= 11 is 0. The average Bonchev–Trinajstić information content (AvgIpc) is 2.56. The molecule has 3 aromatic carbocycles. The zero-order valence-corrected chi connectivity index (χ0v) is 11.5. The highest BCUT2D eigenvalue weighted by Gasteiger charge is 2.03. The van der Waals surface area contributed by atoms with Gasteiger partial charge in [0.25, 0.3) is 0 Å². The molecule has 0 fully saturated rings. The molecule has 104 valence electrons. The molecule has 0 atom stereocenters. The van der Waals surface area contributed by atoms with Gasteiger partial charge in [0.15, 0.2) is 5.84 Å². The van der Waals surface area contributed by atoms with Crippen molar-refractivity contribution in [3.05, 3.63) is 83.9 Å². The van der Waals surface area contributed by atoms with E-state index in [0.717, 1.165) is 16.5 Å². The Bertz CT molecular complexity index is 766. The maximum absolute atomic E-state index is 9.35. The van der Waals surface area contributed by atoms with Gasteiger partial charge in [-0.05, 0) is 22.4 Å². The number of hydroxylamine groups is 1. The number of aliphatic imine (C=N–C) groups is 1. The molecular weight excluding hydrogens is 260 g/mol. The molecule has 3 aromatic rings. The molecule has 2 N–H and O–H groups in total. The van der Waals surface area contributed by atoms with Gasteiger partial charge in [-0.2, -0.15) is 0 Å². The van der Waals surface area contributed by atoms with E-state index in [9.17, 15) is 5.21 Å².